The quantitative estimate of drug-likeness (QED) is 0.774. The van der Waals surface area contributed by atoms with Crippen LogP contribution in [0.5, 0.6) is 0 Å². The number of nitrogens with two attached hydrogens (primary N) is 1. The molecule has 0 saturated heterocycles. The van der Waals surface area contributed by atoms with E-state index in [2.05, 4.69) is 5.32 Å². The number of ether oxygens (including phenoxy) is 1. The van der Waals surface area contributed by atoms with Crippen LogP contribution in [0.15, 0.2) is 24.3 Å². The van der Waals surface area contributed by atoms with E-state index >= 15 is 0 Å². The second kappa shape index (κ2) is 6.25. The van der Waals surface area contributed by atoms with E-state index in [-0.39, 0.29) is 5.91 Å². The Morgan fingerprint density at radius 2 is 2.06 bits per heavy atom. The molecular formula is C12H18N2O2. The fourth-order valence-electron chi connectivity index (χ4n) is 1.37. The molecule has 0 aliphatic rings. The van der Waals surface area contributed by atoms with Crippen LogP contribution in [0.4, 0.5) is 0 Å². The van der Waals surface area contributed by atoms with Crippen LogP contribution >= 0.6 is 0 Å². The Hall–Kier alpha value is -1.39. The van der Waals surface area contributed by atoms with Crippen molar-refractivity contribution in [2.75, 3.05) is 7.11 Å². The average molecular weight is 222 g/mol. The standard InChI is InChI=1S/C12H18N2O2/c1-9(13)12(15)14-7-10-5-3-4-6-11(10)8-16-2/h3-6,9H,7-8,13H2,1-2H3,(H,14,15)/t9-/m1/s1. The first kappa shape index (κ1) is 12.7. The van der Waals surface area contributed by atoms with Crippen LogP contribution in [-0.4, -0.2) is 19.1 Å². The molecule has 0 bridgehead atoms. The van der Waals surface area contributed by atoms with Crippen LogP contribution in [0.3, 0.4) is 0 Å². The minimum atomic E-state index is -0.477. The van der Waals surface area contributed by atoms with Crippen LogP contribution in [0.1, 0.15) is 18.1 Å². The highest BCUT2D eigenvalue weighted by molar-refractivity contribution is 5.80. The van der Waals surface area contributed by atoms with E-state index in [9.17, 15) is 4.79 Å². The number of carbonyl (C=O) groups excluding carboxylic acids is 1. The highest BCUT2D eigenvalue weighted by Gasteiger charge is 2.07. The summed E-state index contributed by atoms with van der Waals surface area (Å²) >= 11 is 0. The molecule has 0 aliphatic heterocycles. The molecule has 1 atom stereocenters. The Labute approximate surface area is 95.8 Å². The van der Waals surface area contributed by atoms with E-state index in [4.69, 9.17) is 10.5 Å². The Bertz CT molecular complexity index is 351. The van der Waals surface area contributed by atoms with E-state index in [1.165, 1.54) is 0 Å². The zero-order chi connectivity index (χ0) is 12.0. The Kier molecular flexibility index (Phi) is 4.95. The topological polar surface area (TPSA) is 64.3 Å². The third kappa shape index (κ3) is 3.64. The van der Waals surface area contributed by atoms with Crippen LogP contribution < -0.4 is 11.1 Å². The van der Waals surface area contributed by atoms with E-state index in [1.807, 2.05) is 24.3 Å². The van der Waals surface area contributed by atoms with Crippen LogP contribution in [0, 0.1) is 0 Å². The van der Waals surface area contributed by atoms with E-state index in [0.717, 1.165) is 11.1 Å². The van der Waals surface area contributed by atoms with Gasteiger partial charge in [-0.15, -0.1) is 0 Å². The van der Waals surface area contributed by atoms with Gasteiger partial charge in [-0.1, -0.05) is 24.3 Å². The second-order valence-corrected chi connectivity index (χ2v) is 3.71. The summed E-state index contributed by atoms with van der Waals surface area (Å²) in [5.41, 5.74) is 7.59. The van der Waals surface area contributed by atoms with Gasteiger partial charge >= 0.3 is 0 Å². The predicted octanol–water partition coefficient (Wildman–Crippen LogP) is 0.796. The van der Waals surface area contributed by atoms with Gasteiger partial charge in [-0.3, -0.25) is 4.79 Å². The molecule has 0 unspecified atom stereocenters. The summed E-state index contributed by atoms with van der Waals surface area (Å²) in [6.07, 6.45) is 0. The molecule has 3 N–H and O–H groups in total. The van der Waals surface area contributed by atoms with Gasteiger partial charge in [-0.25, -0.2) is 0 Å². The van der Waals surface area contributed by atoms with Crippen molar-refractivity contribution in [2.45, 2.75) is 26.1 Å². The molecule has 1 aromatic carbocycles. The summed E-state index contributed by atoms with van der Waals surface area (Å²) < 4.78 is 5.09. The summed E-state index contributed by atoms with van der Waals surface area (Å²) in [5.74, 6) is -0.146. The van der Waals surface area contributed by atoms with Gasteiger partial charge in [0.2, 0.25) is 5.91 Å². The summed E-state index contributed by atoms with van der Waals surface area (Å²) in [5, 5.41) is 2.78. The van der Waals surface area contributed by atoms with Gasteiger partial charge in [0.1, 0.15) is 0 Å². The van der Waals surface area contributed by atoms with Gasteiger partial charge in [0.15, 0.2) is 0 Å². The number of rotatable bonds is 5. The predicted molar refractivity (Wildman–Crippen MR) is 62.7 cm³/mol. The molecule has 0 aliphatic carbocycles. The number of hydrogen-bond acceptors (Lipinski definition) is 3. The highest BCUT2D eigenvalue weighted by atomic mass is 16.5. The molecule has 0 fully saturated rings. The van der Waals surface area contributed by atoms with Gasteiger partial charge in [-0.2, -0.15) is 0 Å². The van der Waals surface area contributed by atoms with Crippen LogP contribution in [-0.2, 0) is 22.7 Å². The van der Waals surface area contributed by atoms with Crippen molar-refractivity contribution in [3.05, 3.63) is 35.4 Å². The lowest BCUT2D eigenvalue weighted by Crippen LogP contribution is -2.37. The zero-order valence-electron chi connectivity index (χ0n) is 9.69. The SMILES string of the molecule is COCc1ccccc1CNC(=O)[C@@H](C)N. The first-order chi connectivity index (χ1) is 7.65. The van der Waals surface area contributed by atoms with Crippen LogP contribution in [0.25, 0.3) is 0 Å². The Balaban J connectivity index is 2.62. The van der Waals surface area contributed by atoms with Gasteiger partial charge in [0.05, 0.1) is 12.6 Å². The first-order valence-corrected chi connectivity index (χ1v) is 5.24. The molecule has 16 heavy (non-hydrogen) atoms. The third-order valence-corrected chi connectivity index (χ3v) is 2.28. The maximum atomic E-state index is 11.3. The molecular weight excluding hydrogens is 204 g/mol. The smallest absolute Gasteiger partial charge is 0.236 e. The van der Waals surface area contributed by atoms with Gasteiger partial charge in [0, 0.05) is 13.7 Å². The van der Waals surface area contributed by atoms with Crippen LogP contribution in [0.2, 0.25) is 0 Å². The molecule has 0 spiro atoms. The number of nitrogens with one attached hydrogen (secondary N) is 1. The summed E-state index contributed by atoms with van der Waals surface area (Å²) in [7, 11) is 1.65. The molecule has 4 nitrogen and oxygen atoms in total. The number of hydrogen-bond donors (Lipinski definition) is 2. The van der Waals surface area contributed by atoms with E-state index in [0.29, 0.717) is 13.2 Å². The fourth-order valence-corrected chi connectivity index (χ4v) is 1.37. The number of benzene rings is 1. The summed E-state index contributed by atoms with van der Waals surface area (Å²) in [6.45, 7) is 2.69. The lowest BCUT2D eigenvalue weighted by Gasteiger charge is -2.11. The van der Waals surface area contributed by atoms with E-state index in [1.54, 1.807) is 14.0 Å². The molecule has 1 rings (SSSR count). The number of carbonyl (C=O) groups is 1. The van der Waals surface area contributed by atoms with Gasteiger partial charge < -0.3 is 15.8 Å². The molecule has 1 amide bonds. The monoisotopic (exact) mass is 222 g/mol. The molecule has 88 valence electrons. The van der Waals surface area contributed by atoms with Crippen molar-refractivity contribution >= 4 is 5.91 Å². The molecule has 1 aromatic rings. The molecule has 0 aromatic heterocycles. The molecule has 0 saturated carbocycles. The van der Waals surface area contributed by atoms with Crippen molar-refractivity contribution in [3.8, 4) is 0 Å². The zero-order valence-corrected chi connectivity index (χ0v) is 9.69. The van der Waals surface area contributed by atoms with Crippen molar-refractivity contribution in [2.24, 2.45) is 5.73 Å². The second-order valence-electron chi connectivity index (χ2n) is 3.71. The minimum absolute atomic E-state index is 0.146. The van der Waals surface area contributed by atoms with Crippen molar-refractivity contribution in [1.29, 1.82) is 0 Å². The largest absolute Gasteiger partial charge is 0.380 e. The molecule has 4 heteroatoms. The van der Waals surface area contributed by atoms with Gasteiger partial charge in [0.25, 0.3) is 0 Å². The lowest BCUT2D eigenvalue weighted by molar-refractivity contribution is -0.122. The summed E-state index contributed by atoms with van der Waals surface area (Å²) in [6, 6.07) is 7.36. The maximum Gasteiger partial charge on any atom is 0.236 e. The van der Waals surface area contributed by atoms with Gasteiger partial charge in [-0.05, 0) is 18.1 Å². The van der Waals surface area contributed by atoms with Crippen molar-refractivity contribution in [3.63, 3.8) is 0 Å². The van der Waals surface area contributed by atoms with Crippen molar-refractivity contribution < 1.29 is 9.53 Å². The Morgan fingerprint density at radius 3 is 2.62 bits per heavy atom. The Morgan fingerprint density at radius 1 is 1.44 bits per heavy atom. The first-order valence-electron chi connectivity index (χ1n) is 5.24. The van der Waals surface area contributed by atoms with E-state index < -0.39 is 6.04 Å². The highest BCUT2D eigenvalue weighted by Crippen LogP contribution is 2.09. The normalized spacial score (nSPS) is 12.2. The average Bonchev–Trinajstić information content (AvgIpc) is 2.27. The van der Waals surface area contributed by atoms with Crippen molar-refractivity contribution in [1.82, 2.24) is 5.32 Å². The lowest BCUT2D eigenvalue weighted by atomic mass is 10.1. The summed E-state index contributed by atoms with van der Waals surface area (Å²) in [4.78, 5) is 11.3. The molecule has 0 radical (unpaired) electrons. The number of amides is 1. The maximum absolute atomic E-state index is 11.3. The fraction of sp³-hybridized carbons (Fsp3) is 0.417. The third-order valence-electron chi connectivity index (χ3n) is 2.28. The molecule has 0 heterocycles. The minimum Gasteiger partial charge on any atom is -0.380 e. The number of methoxy groups -OCH3 is 1.